The molecule has 1 unspecified atom stereocenters. The molecule has 3 aromatic carbocycles. The summed E-state index contributed by atoms with van der Waals surface area (Å²) in [7, 11) is -4.26. The molecule has 0 saturated carbocycles. The molecule has 1 saturated heterocycles. The van der Waals surface area contributed by atoms with Crippen molar-refractivity contribution in [1.82, 2.24) is 4.72 Å². The lowest BCUT2D eigenvalue weighted by Crippen LogP contribution is -2.31. The van der Waals surface area contributed by atoms with E-state index in [2.05, 4.69) is 0 Å². The van der Waals surface area contributed by atoms with Crippen LogP contribution < -0.4 is 9.62 Å². The van der Waals surface area contributed by atoms with Crippen molar-refractivity contribution in [3.05, 3.63) is 95.1 Å². The Morgan fingerprint density at radius 1 is 1.03 bits per heavy atom. The van der Waals surface area contributed by atoms with E-state index in [1.54, 1.807) is 30.0 Å². The second kappa shape index (κ2) is 8.95. The van der Waals surface area contributed by atoms with Gasteiger partial charge in [0.2, 0.25) is 5.91 Å². The molecule has 1 aliphatic rings. The number of sulfonamides is 1. The largest absolute Gasteiger partial charge is 0.295 e. The predicted octanol–water partition coefficient (Wildman–Crippen LogP) is 4.17. The first-order valence-electron chi connectivity index (χ1n) is 9.78. The summed E-state index contributed by atoms with van der Waals surface area (Å²) in [4.78, 5) is 26.4. The van der Waals surface area contributed by atoms with Crippen LogP contribution in [0.2, 0.25) is 0 Å². The average Bonchev–Trinajstić information content (AvgIpc) is 3.15. The van der Waals surface area contributed by atoms with E-state index in [9.17, 15) is 26.8 Å². The number of hydrogen-bond donors (Lipinski definition) is 1. The lowest BCUT2D eigenvalue weighted by Gasteiger charge is -2.26. The van der Waals surface area contributed by atoms with Crippen LogP contribution in [0.4, 0.5) is 14.5 Å². The summed E-state index contributed by atoms with van der Waals surface area (Å²) in [6, 6.07) is 14.7. The molecule has 1 N–H and O–H groups in total. The number of anilines is 1. The molecule has 6 nitrogen and oxygen atoms in total. The molecular formula is C23H18F2N2O4S2. The fraction of sp³-hybridized carbons (Fsp3) is 0.130. The van der Waals surface area contributed by atoms with Crippen molar-refractivity contribution >= 4 is 39.3 Å². The minimum absolute atomic E-state index is 0.0638. The lowest BCUT2D eigenvalue weighted by molar-refractivity contribution is -0.115. The maximum absolute atomic E-state index is 13.4. The highest BCUT2D eigenvalue weighted by Gasteiger charge is 2.35. The van der Waals surface area contributed by atoms with Crippen LogP contribution in [0.5, 0.6) is 0 Å². The number of nitrogens with zero attached hydrogens (tertiary/aromatic N) is 1. The summed E-state index contributed by atoms with van der Waals surface area (Å²) in [5.41, 5.74) is 1.96. The summed E-state index contributed by atoms with van der Waals surface area (Å²) in [6.07, 6.45) is 0. The van der Waals surface area contributed by atoms with Gasteiger partial charge in [0.05, 0.1) is 10.6 Å². The van der Waals surface area contributed by atoms with Gasteiger partial charge >= 0.3 is 0 Å². The van der Waals surface area contributed by atoms with Crippen molar-refractivity contribution in [2.75, 3.05) is 10.7 Å². The highest BCUT2D eigenvalue weighted by atomic mass is 32.2. The number of carbonyl (C=O) groups is 2. The molecule has 1 heterocycles. The number of nitrogens with one attached hydrogen (secondary N) is 1. The fourth-order valence-corrected chi connectivity index (χ4v) is 5.67. The number of benzene rings is 3. The van der Waals surface area contributed by atoms with E-state index in [0.29, 0.717) is 11.3 Å². The predicted molar refractivity (Wildman–Crippen MR) is 121 cm³/mol. The van der Waals surface area contributed by atoms with Gasteiger partial charge in [-0.25, -0.2) is 21.9 Å². The third-order valence-corrected chi connectivity index (χ3v) is 7.62. The average molecular weight is 489 g/mol. The van der Waals surface area contributed by atoms with Gasteiger partial charge in [-0.05, 0) is 66.6 Å². The number of aryl methyl sites for hydroxylation is 1. The molecule has 0 spiro atoms. The Bertz CT molecular complexity index is 1340. The minimum atomic E-state index is -4.26. The number of rotatable bonds is 5. The second-order valence-corrected chi connectivity index (χ2v) is 10.1. The Labute approximate surface area is 193 Å². The van der Waals surface area contributed by atoms with Crippen LogP contribution in [0.15, 0.2) is 71.6 Å². The van der Waals surface area contributed by atoms with Gasteiger partial charge in [0.1, 0.15) is 17.0 Å². The number of hydrogen-bond acceptors (Lipinski definition) is 5. The Morgan fingerprint density at radius 3 is 2.42 bits per heavy atom. The van der Waals surface area contributed by atoms with Crippen molar-refractivity contribution < 1.29 is 26.8 Å². The van der Waals surface area contributed by atoms with E-state index in [1.165, 1.54) is 48.2 Å². The molecule has 0 aliphatic carbocycles. The summed E-state index contributed by atoms with van der Waals surface area (Å²) < 4.78 is 53.5. The highest BCUT2D eigenvalue weighted by molar-refractivity contribution is 8.00. The summed E-state index contributed by atoms with van der Waals surface area (Å²) in [5.74, 6) is -1.89. The van der Waals surface area contributed by atoms with Crippen LogP contribution in [0.3, 0.4) is 0 Å². The van der Waals surface area contributed by atoms with Crippen LogP contribution in [-0.2, 0) is 14.8 Å². The topological polar surface area (TPSA) is 83.6 Å². The Balaban J connectivity index is 1.59. The van der Waals surface area contributed by atoms with E-state index >= 15 is 0 Å². The normalized spacial score (nSPS) is 16.2. The van der Waals surface area contributed by atoms with Gasteiger partial charge in [-0.2, -0.15) is 0 Å². The molecule has 1 fully saturated rings. The van der Waals surface area contributed by atoms with Gasteiger partial charge < -0.3 is 0 Å². The molecule has 0 radical (unpaired) electrons. The summed E-state index contributed by atoms with van der Waals surface area (Å²) in [5, 5.41) is -0.357. The molecule has 0 bridgehead atoms. The lowest BCUT2D eigenvalue weighted by atomic mass is 10.1. The van der Waals surface area contributed by atoms with Gasteiger partial charge in [0.25, 0.3) is 15.9 Å². The first kappa shape index (κ1) is 22.9. The molecule has 0 aromatic heterocycles. The van der Waals surface area contributed by atoms with Gasteiger partial charge in [0, 0.05) is 11.3 Å². The molecular weight excluding hydrogens is 470 g/mol. The van der Waals surface area contributed by atoms with Crippen LogP contribution in [-0.4, -0.2) is 26.0 Å². The van der Waals surface area contributed by atoms with Crippen LogP contribution in [0.1, 0.15) is 26.9 Å². The number of halogens is 2. The number of thioether (sulfide) groups is 1. The molecule has 1 atom stereocenters. The number of carbonyl (C=O) groups excluding carboxylic acids is 2. The van der Waals surface area contributed by atoms with Crippen LogP contribution >= 0.6 is 11.8 Å². The molecule has 4 rings (SSSR count). The van der Waals surface area contributed by atoms with E-state index in [0.717, 1.165) is 17.7 Å². The van der Waals surface area contributed by atoms with Crippen LogP contribution in [0, 0.1) is 18.6 Å². The molecule has 170 valence electrons. The molecule has 10 heteroatoms. The maximum Gasteiger partial charge on any atom is 0.265 e. The van der Waals surface area contributed by atoms with Crippen molar-refractivity contribution in [3.63, 3.8) is 0 Å². The van der Waals surface area contributed by atoms with Crippen molar-refractivity contribution in [1.29, 1.82) is 0 Å². The molecule has 33 heavy (non-hydrogen) atoms. The van der Waals surface area contributed by atoms with Crippen molar-refractivity contribution in [2.24, 2.45) is 0 Å². The zero-order valence-corrected chi connectivity index (χ0v) is 18.9. The minimum Gasteiger partial charge on any atom is -0.295 e. The molecule has 3 aromatic rings. The molecule has 2 amide bonds. The van der Waals surface area contributed by atoms with Gasteiger partial charge in [-0.3, -0.25) is 14.5 Å². The van der Waals surface area contributed by atoms with Crippen molar-refractivity contribution in [3.8, 4) is 0 Å². The van der Waals surface area contributed by atoms with E-state index in [-0.39, 0.29) is 33.3 Å². The zero-order chi connectivity index (χ0) is 23.8. The summed E-state index contributed by atoms with van der Waals surface area (Å²) in [6.45, 7) is 1.70. The van der Waals surface area contributed by atoms with E-state index < -0.39 is 21.7 Å². The SMILES string of the molecule is Cc1cc(C(=O)NS(=O)(=O)c2cccc(F)c2)ccc1N1C(=O)CSC1c1ccc(F)cc1. The van der Waals surface area contributed by atoms with E-state index in [1.807, 2.05) is 4.72 Å². The zero-order valence-electron chi connectivity index (χ0n) is 17.3. The van der Waals surface area contributed by atoms with Crippen LogP contribution in [0.25, 0.3) is 0 Å². The second-order valence-electron chi connectivity index (χ2n) is 7.37. The Hall–Kier alpha value is -3.24. The maximum atomic E-state index is 13.4. The summed E-state index contributed by atoms with van der Waals surface area (Å²) >= 11 is 1.40. The quantitative estimate of drug-likeness (QED) is 0.583. The fourth-order valence-electron chi connectivity index (χ4n) is 3.50. The first-order chi connectivity index (χ1) is 15.7. The van der Waals surface area contributed by atoms with Gasteiger partial charge in [0.15, 0.2) is 0 Å². The number of amides is 2. The third-order valence-electron chi connectivity index (χ3n) is 5.08. The first-order valence-corrected chi connectivity index (χ1v) is 12.3. The smallest absolute Gasteiger partial charge is 0.265 e. The van der Waals surface area contributed by atoms with Gasteiger partial charge in [-0.1, -0.05) is 18.2 Å². The molecule has 1 aliphatic heterocycles. The van der Waals surface area contributed by atoms with Gasteiger partial charge in [-0.15, -0.1) is 11.8 Å². The Morgan fingerprint density at radius 2 is 1.76 bits per heavy atom. The third kappa shape index (κ3) is 4.76. The van der Waals surface area contributed by atoms with Crippen molar-refractivity contribution in [2.45, 2.75) is 17.2 Å². The highest BCUT2D eigenvalue weighted by Crippen LogP contribution is 2.42. The standard InChI is InChI=1S/C23H18F2N2O4S2/c1-14-11-16(22(29)26-33(30,31)19-4-2-3-18(25)12-19)7-10-20(14)27-21(28)13-32-23(27)15-5-8-17(24)9-6-15/h2-12,23H,13H2,1H3,(H,26,29). The van der Waals surface area contributed by atoms with E-state index in [4.69, 9.17) is 0 Å². The Kier molecular flexibility index (Phi) is 6.22. The monoisotopic (exact) mass is 488 g/mol.